The van der Waals surface area contributed by atoms with Crippen molar-refractivity contribution >= 4 is 0 Å². The topological polar surface area (TPSA) is 79.2 Å². The van der Waals surface area contributed by atoms with Crippen LogP contribution >= 0.6 is 0 Å². The third-order valence-corrected chi connectivity index (χ3v) is 5.75. The van der Waals surface area contributed by atoms with E-state index in [1.165, 1.54) is 70.6 Å². The molecule has 0 amide bonds. The molecular formula is C24H46O5. The van der Waals surface area contributed by atoms with Gasteiger partial charge in [0, 0.05) is 6.61 Å². The van der Waals surface area contributed by atoms with Crippen LogP contribution < -0.4 is 0 Å². The number of aliphatic hydroxyl groups excluding tert-OH is 3. The van der Waals surface area contributed by atoms with Gasteiger partial charge in [-0.05, 0) is 32.1 Å². The molecule has 0 spiro atoms. The zero-order chi connectivity index (χ0) is 21.2. The zero-order valence-corrected chi connectivity index (χ0v) is 18.6. The maximum atomic E-state index is 10.00. The molecule has 1 saturated heterocycles. The van der Waals surface area contributed by atoms with Gasteiger partial charge in [0.05, 0.1) is 13.2 Å². The summed E-state index contributed by atoms with van der Waals surface area (Å²) in [4.78, 5) is 0. The summed E-state index contributed by atoms with van der Waals surface area (Å²) in [5.74, 6) is 0. The minimum atomic E-state index is -1.09. The number of aliphatic hydroxyl groups is 3. The Labute approximate surface area is 178 Å². The van der Waals surface area contributed by atoms with Gasteiger partial charge in [0.15, 0.2) is 0 Å². The van der Waals surface area contributed by atoms with Gasteiger partial charge in [-0.25, -0.2) is 0 Å². The smallest absolute Gasteiger partial charge is 0.111 e. The number of allylic oxidation sites excluding steroid dienone is 2. The van der Waals surface area contributed by atoms with Crippen LogP contribution in [0.3, 0.4) is 0 Å². The van der Waals surface area contributed by atoms with E-state index >= 15 is 0 Å². The second-order valence-corrected chi connectivity index (χ2v) is 8.38. The molecule has 0 aliphatic carbocycles. The van der Waals surface area contributed by atoms with Crippen molar-refractivity contribution in [2.75, 3.05) is 19.8 Å². The molecule has 0 unspecified atom stereocenters. The molecule has 1 aliphatic rings. The lowest BCUT2D eigenvalue weighted by Gasteiger charge is -2.36. The Kier molecular flexibility index (Phi) is 16.8. The van der Waals surface area contributed by atoms with Crippen LogP contribution in [0.5, 0.6) is 0 Å². The number of ether oxygens (including phenoxy) is 2. The van der Waals surface area contributed by atoms with Crippen molar-refractivity contribution in [3.05, 3.63) is 12.2 Å². The summed E-state index contributed by atoms with van der Waals surface area (Å²) < 4.78 is 10.9. The maximum Gasteiger partial charge on any atom is 0.111 e. The van der Waals surface area contributed by atoms with E-state index in [0.29, 0.717) is 6.61 Å². The van der Waals surface area contributed by atoms with Crippen molar-refractivity contribution in [3.63, 3.8) is 0 Å². The van der Waals surface area contributed by atoms with E-state index in [9.17, 15) is 10.2 Å². The van der Waals surface area contributed by atoms with Crippen molar-refractivity contribution in [3.8, 4) is 0 Å². The molecule has 0 bridgehead atoms. The van der Waals surface area contributed by atoms with Gasteiger partial charge >= 0.3 is 0 Å². The summed E-state index contributed by atoms with van der Waals surface area (Å²) in [6.45, 7) is 2.73. The first-order valence-electron chi connectivity index (χ1n) is 12.1. The van der Waals surface area contributed by atoms with Crippen molar-refractivity contribution < 1.29 is 24.8 Å². The molecule has 1 aliphatic heterocycles. The van der Waals surface area contributed by atoms with Gasteiger partial charge in [-0.2, -0.15) is 0 Å². The average molecular weight is 415 g/mol. The third kappa shape index (κ3) is 12.7. The van der Waals surface area contributed by atoms with Crippen molar-refractivity contribution in [2.45, 2.75) is 121 Å². The number of hydrogen-bond donors (Lipinski definition) is 3. The number of unbranched alkanes of at least 4 members (excludes halogenated alkanes) is 12. The average Bonchev–Trinajstić information content (AvgIpc) is 2.73. The van der Waals surface area contributed by atoms with E-state index in [-0.39, 0.29) is 13.2 Å². The van der Waals surface area contributed by atoms with Crippen LogP contribution in [0.4, 0.5) is 0 Å². The molecule has 0 aromatic carbocycles. The molecule has 1 heterocycles. The second kappa shape index (κ2) is 18.3. The van der Waals surface area contributed by atoms with E-state index in [1.54, 1.807) is 0 Å². The minimum absolute atomic E-state index is 0.211. The van der Waals surface area contributed by atoms with Gasteiger partial charge in [0.2, 0.25) is 0 Å². The molecule has 0 saturated carbocycles. The summed E-state index contributed by atoms with van der Waals surface area (Å²) in [6, 6.07) is 0. The Hall–Kier alpha value is -0.460. The van der Waals surface area contributed by atoms with E-state index in [1.807, 2.05) is 0 Å². The largest absolute Gasteiger partial charge is 0.394 e. The van der Waals surface area contributed by atoms with E-state index < -0.39 is 24.4 Å². The molecule has 172 valence electrons. The van der Waals surface area contributed by atoms with Gasteiger partial charge in [-0.1, -0.05) is 76.9 Å². The Morgan fingerprint density at radius 3 is 1.93 bits per heavy atom. The fraction of sp³-hybridized carbons (Fsp3) is 0.917. The summed E-state index contributed by atoms with van der Waals surface area (Å²) >= 11 is 0. The second-order valence-electron chi connectivity index (χ2n) is 8.38. The van der Waals surface area contributed by atoms with Crippen LogP contribution in [-0.4, -0.2) is 59.6 Å². The van der Waals surface area contributed by atoms with E-state index in [0.717, 1.165) is 19.3 Å². The predicted molar refractivity (Wildman–Crippen MR) is 118 cm³/mol. The molecule has 0 aromatic rings. The van der Waals surface area contributed by atoms with Crippen LogP contribution in [0.1, 0.15) is 96.8 Å². The quantitative estimate of drug-likeness (QED) is 0.227. The molecule has 29 heavy (non-hydrogen) atoms. The molecule has 0 aromatic heterocycles. The lowest BCUT2D eigenvalue weighted by atomic mass is 10.0. The summed E-state index contributed by atoms with van der Waals surface area (Å²) in [7, 11) is 0. The predicted octanol–water partition coefficient (Wildman–Crippen LogP) is 4.52. The molecule has 3 N–H and O–H groups in total. The molecule has 0 radical (unpaired) electrons. The lowest BCUT2D eigenvalue weighted by molar-refractivity contribution is -0.208. The zero-order valence-electron chi connectivity index (χ0n) is 18.6. The van der Waals surface area contributed by atoms with Crippen molar-refractivity contribution in [1.82, 2.24) is 0 Å². The van der Waals surface area contributed by atoms with E-state index in [4.69, 9.17) is 14.6 Å². The highest BCUT2D eigenvalue weighted by Gasteiger charge is 2.38. The number of hydrogen-bond acceptors (Lipinski definition) is 5. The Bertz CT molecular complexity index is 387. The standard InChI is InChI=1S/C24H46O5/c1-2-3-4-5-6-7-8-9-10-11-12-13-14-15-16-17-18-28-22-20-29-21(19-25)23(26)24(22)27/h13-14,21-27H,2-12,15-20H2,1H3/b14-13+/t21-,22+,23-,24-/m1/s1. The summed E-state index contributed by atoms with van der Waals surface area (Å²) in [5, 5.41) is 28.9. The highest BCUT2D eigenvalue weighted by molar-refractivity contribution is 4.87. The molecule has 4 atom stereocenters. The van der Waals surface area contributed by atoms with Crippen molar-refractivity contribution in [2.24, 2.45) is 0 Å². The van der Waals surface area contributed by atoms with Gasteiger partial charge in [-0.15, -0.1) is 0 Å². The van der Waals surface area contributed by atoms with Gasteiger partial charge < -0.3 is 24.8 Å². The van der Waals surface area contributed by atoms with Crippen LogP contribution in [0.15, 0.2) is 12.2 Å². The Morgan fingerprint density at radius 2 is 1.34 bits per heavy atom. The van der Waals surface area contributed by atoms with Crippen LogP contribution in [0.25, 0.3) is 0 Å². The van der Waals surface area contributed by atoms with Crippen molar-refractivity contribution in [1.29, 1.82) is 0 Å². The first kappa shape index (κ1) is 26.6. The first-order chi connectivity index (χ1) is 14.2. The minimum Gasteiger partial charge on any atom is -0.394 e. The normalized spacial score (nSPS) is 25.1. The highest BCUT2D eigenvalue weighted by Crippen LogP contribution is 2.18. The summed E-state index contributed by atoms with van der Waals surface area (Å²) in [6.07, 6.45) is 19.3. The first-order valence-corrected chi connectivity index (χ1v) is 12.1. The number of rotatable bonds is 18. The molecule has 5 heteroatoms. The van der Waals surface area contributed by atoms with Crippen LogP contribution in [-0.2, 0) is 9.47 Å². The monoisotopic (exact) mass is 414 g/mol. The maximum absolute atomic E-state index is 10.00. The third-order valence-electron chi connectivity index (χ3n) is 5.75. The molecule has 1 fully saturated rings. The fourth-order valence-electron chi connectivity index (χ4n) is 3.75. The SMILES string of the molecule is CCCCCCCCCCCC/C=C/CCCCO[C@H]1CO[C@H](CO)[C@@H](O)[C@@H]1O. The summed E-state index contributed by atoms with van der Waals surface area (Å²) in [5.41, 5.74) is 0. The van der Waals surface area contributed by atoms with Gasteiger partial charge in [0.25, 0.3) is 0 Å². The van der Waals surface area contributed by atoms with Gasteiger partial charge in [0.1, 0.15) is 24.4 Å². The van der Waals surface area contributed by atoms with Gasteiger partial charge in [-0.3, -0.25) is 0 Å². The van der Waals surface area contributed by atoms with E-state index in [2.05, 4.69) is 19.1 Å². The molecule has 1 rings (SSSR count). The Balaban J connectivity index is 1.85. The molecular weight excluding hydrogens is 368 g/mol. The van der Waals surface area contributed by atoms with Crippen LogP contribution in [0, 0.1) is 0 Å². The lowest BCUT2D eigenvalue weighted by Crippen LogP contribution is -2.55. The fourth-order valence-corrected chi connectivity index (χ4v) is 3.75. The van der Waals surface area contributed by atoms with Crippen LogP contribution in [0.2, 0.25) is 0 Å². The Morgan fingerprint density at radius 1 is 0.793 bits per heavy atom. The molecule has 5 nitrogen and oxygen atoms in total. The highest BCUT2D eigenvalue weighted by atomic mass is 16.6.